The van der Waals surface area contributed by atoms with Crippen molar-refractivity contribution in [3.63, 3.8) is 0 Å². The van der Waals surface area contributed by atoms with Gasteiger partial charge in [0, 0.05) is 12.1 Å². The third kappa shape index (κ3) is 2.65. The Hall–Kier alpha value is -1.77. The Balaban J connectivity index is 1.62. The number of nitrogens with two attached hydrogens (primary N) is 1. The Morgan fingerprint density at radius 2 is 2.26 bits per heavy atom. The van der Waals surface area contributed by atoms with Gasteiger partial charge in [0.25, 0.3) is 0 Å². The molecule has 0 saturated carbocycles. The van der Waals surface area contributed by atoms with Crippen molar-refractivity contribution in [3.05, 3.63) is 41.5 Å². The van der Waals surface area contributed by atoms with E-state index in [4.69, 9.17) is 5.73 Å². The first-order valence-electron chi connectivity index (χ1n) is 7.06. The van der Waals surface area contributed by atoms with Crippen LogP contribution in [0.25, 0.3) is 0 Å². The third-order valence-electron chi connectivity index (χ3n) is 4.14. The standard InChI is InChI=1S/C16H20N2O/c17-13-6-7-14-12(10-13)5-8-15(14)18-16(19)9-11-3-1-2-4-11/h1,3,6-7,10-11,15H,2,4-5,8-9,17H2,(H,18,19). The molecule has 1 aromatic carbocycles. The number of rotatable bonds is 3. The minimum Gasteiger partial charge on any atom is -0.399 e. The second-order valence-electron chi connectivity index (χ2n) is 5.59. The van der Waals surface area contributed by atoms with Crippen LogP contribution in [0, 0.1) is 5.92 Å². The fraction of sp³-hybridized carbons (Fsp3) is 0.438. The van der Waals surface area contributed by atoms with E-state index in [-0.39, 0.29) is 11.9 Å². The maximum Gasteiger partial charge on any atom is 0.221 e. The van der Waals surface area contributed by atoms with Crippen molar-refractivity contribution >= 4 is 11.6 Å². The number of fused-ring (bicyclic) bond motifs is 1. The number of aryl methyl sites for hydroxylation is 1. The second kappa shape index (κ2) is 5.08. The lowest BCUT2D eigenvalue weighted by atomic mass is 10.0. The molecule has 3 heteroatoms. The van der Waals surface area contributed by atoms with E-state index < -0.39 is 0 Å². The molecule has 3 rings (SSSR count). The predicted molar refractivity (Wildman–Crippen MR) is 76.5 cm³/mol. The van der Waals surface area contributed by atoms with Crippen molar-refractivity contribution < 1.29 is 4.79 Å². The van der Waals surface area contributed by atoms with Crippen LogP contribution in [0.2, 0.25) is 0 Å². The Kier molecular flexibility index (Phi) is 3.28. The summed E-state index contributed by atoms with van der Waals surface area (Å²) in [6, 6.07) is 6.18. The normalized spacial score (nSPS) is 24.4. The number of benzene rings is 1. The maximum absolute atomic E-state index is 12.1. The van der Waals surface area contributed by atoms with E-state index in [0.717, 1.165) is 31.4 Å². The molecule has 0 saturated heterocycles. The summed E-state index contributed by atoms with van der Waals surface area (Å²) in [4.78, 5) is 12.1. The van der Waals surface area contributed by atoms with Gasteiger partial charge in [-0.25, -0.2) is 0 Å². The number of amides is 1. The fourth-order valence-corrected chi connectivity index (χ4v) is 3.14. The molecule has 3 nitrogen and oxygen atoms in total. The molecule has 0 aliphatic heterocycles. The summed E-state index contributed by atoms with van der Waals surface area (Å²) in [6.07, 6.45) is 9.19. The van der Waals surface area contributed by atoms with Crippen molar-refractivity contribution in [2.45, 2.75) is 38.1 Å². The van der Waals surface area contributed by atoms with Gasteiger partial charge in [0.2, 0.25) is 5.91 Å². The molecular weight excluding hydrogens is 236 g/mol. The van der Waals surface area contributed by atoms with Gasteiger partial charge in [0.1, 0.15) is 0 Å². The van der Waals surface area contributed by atoms with E-state index in [1.807, 2.05) is 12.1 Å². The van der Waals surface area contributed by atoms with Crippen LogP contribution in [0.1, 0.15) is 42.9 Å². The smallest absolute Gasteiger partial charge is 0.221 e. The molecule has 0 heterocycles. The summed E-state index contributed by atoms with van der Waals surface area (Å²) < 4.78 is 0. The lowest BCUT2D eigenvalue weighted by Gasteiger charge is -2.15. The van der Waals surface area contributed by atoms with Gasteiger partial charge < -0.3 is 11.1 Å². The number of carbonyl (C=O) groups is 1. The van der Waals surface area contributed by atoms with E-state index >= 15 is 0 Å². The van der Waals surface area contributed by atoms with E-state index in [0.29, 0.717) is 12.3 Å². The second-order valence-corrected chi connectivity index (χ2v) is 5.59. The number of nitrogens with one attached hydrogen (secondary N) is 1. The molecular formula is C16H20N2O. The van der Waals surface area contributed by atoms with Crippen LogP contribution in [0.4, 0.5) is 5.69 Å². The fourth-order valence-electron chi connectivity index (χ4n) is 3.14. The molecule has 19 heavy (non-hydrogen) atoms. The van der Waals surface area contributed by atoms with Gasteiger partial charge in [-0.2, -0.15) is 0 Å². The molecule has 2 aliphatic rings. The number of allylic oxidation sites excluding steroid dienone is 2. The molecule has 0 aromatic heterocycles. The van der Waals surface area contributed by atoms with Crippen LogP contribution in [0.15, 0.2) is 30.4 Å². The topological polar surface area (TPSA) is 55.1 Å². The molecule has 2 aliphatic carbocycles. The molecule has 100 valence electrons. The van der Waals surface area contributed by atoms with Crippen molar-refractivity contribution in [1.29, 1.82) is 0 Å². The molecule has 0 fully saturated rings. The van der Waals surface area contributed by atoms with Gasteiger partial charge in [-0.05, 0) is 54.9 Å². The Bertz CT molecular complexity index is 521. The van der Waals surface area contributed by atoms with Gasteiger partial charge >= 0.3 is 0 Å². The number of nitrogen functional groups attached to an aromatic ring is 1. The highest BCUT2D eigenvalue weighted by Gasteiger charge is 2.24. The Labute approximate surface area is 113 Å². The minimum atomic E-state index is 0.172. The predicted octanol–water partition coefficient (Wildman–Crippen LogP) is 2.73. The van der Waals surface area contributed by atoms with Crippen LogP contribution in [-0.2, 0) is 11.2 Å². The lowest BCUT2D eigenvalue weighted by Crippen LogP contribution is -2.28. The zero-order valence-corrected chi connectivity index (χ0v) is 11.1. The molecule has 1 amide bonds. The quantitative estimate of drug-likeness (QED) is 0.645. The average molecular weight is 256 g/mol. The summed E-state index contributed by atoms with van der Waals surface area (Å²) in [5.41, 5.74) is 9.12. The van der Waals surface area contributed by atoms with Crippen LogP contribution in [0.5, 0.6) is 0 Å². The van der Waals surface area contributed by atoms with E-state index in [2.05, 4.69) is 23.5 Å². The first-order valence-corrected chi connectivity index (χ1v) is 7.06. The first-order chi connectivity index (χ1) is 9.22. The zero-order valence-electron chi connectivity index (χ0n) is 11.1. The molecule has 0 bridgehead atoms. The lowest BCUT2D eigenvalue weighted by molar-refractivity contribution is -0.122. The summed E-state index contributed by atoms with van der Waals surface area (Å²) in [5, 5.41) is 3.17. The molecule has 2 unspecified atom stereocenters. The highest BCUT2D eigenvalue weighted by molar-refractivity contribution is 5.77. The largest absolute Gasteiger partial charge is 0.399 e. The van der Waals surface area contributed by atoms with E-state index in [9.17, 15) is 4.79 Å². The summed E-state index contributed by atoms with van der Waals surface area (Å²) in [5.74, 6) is 0.610. The molecule has 3 N–H and O–H groups in total. The van der Waals surface area contributed by atoms with Crippen molar-refractivity contribution in [1.82, 2.24) is 5.32 Å². The van der Waals surface area contributed by atoms with E-state index in [1.165, 1.54) is 11.1 Å². The number of hydrogen-bond donors (Lipinski definition) is 2. The van der Waals surface area contributed by atoms with Crippen molar-refractivity contribution in [2.75, 3.05) is 5.73 Å². The van der Waals surface area contributed by atoms with Crippen LogP contribution in [0.3, 0.4) is 0 Å². The minimum absolute atomic E-state index is 0.172. The average Bonchev–Trinajstić information content (AvgIpc) is 2.99. The van der Waals surface area contributed by atoms with Gasteiger partial charge in [-0.3, -0.25) is 4.79 Å². The number of carbonyl (C=O) groups excluding carboxylic acids is 1. The first kappa shape index (κ1) is 12.3. The number of hydrogen-bond acceptors (Lipinski definition) is 2. The van der Waals surface area contributed by atoms with Gasteiger partial charge in [-0.1, -0.05) is 18.2 Å². The Morgan fingerprint density at radius 3 is 3.05 bits per heavy atom. The third-order valence-corrected chi connectivity index (χ3v) is 4.14. The molecule has 1 aromatic rings. The summed E-state index contributed by atoms with van der Waals surface area (Å²) in [7, 11) is 0. The van der Waals surface area contributed by atoms with Crippen LogP contribution < -0.4 is 11.1 Å². The van der Waals surface area contributed by atoms with Gasteiger partial charge in [0.05, 0.1) is 6.04 Å². The van der Waals surface area contributed by atoms with Crippen LogP contribution in [-0.4, -0.2) is 5.91 Å². The van der Waals surface area contributed by atoms with Gasteiger partial charge in [-0.15, -0.1) is 0 Å². The van der Waals surface area contributed by atoms with Crippen molar-refractivity contribution in [2.24, 2.45) is 5.92 Å². The maximum atomic E-state index is 12.1. The highest BCUT2D eigenvalue weighted by atomic mass is 16.1. The van der Waals surface area contributed by atoms with Gasteiger partial charge in [0.15, 0.2) is 0 Å². The SMILES string of the molecule is Nc1ccc2c(c1)CCC2NC(=O)CC1C=CCC1. The summed E-state index contributed by atoms with van der Waals surface area (Å²) >= 11 is 0. The van der Waals surface area contributed by atoms with Crippen LogP contribution >= 0.6 is 0 Å². The van der Waals surface area contributed by atoms with Crippen molar-refractivity contribution in [3.8, 4) is 0 Å². The molecule has 0 radical (unpaired) electrons. The Morgan fingerprint density at radius 1 is 1.37 bits per heavy atom. The zero-order chi connectivity index (χ0) is 13.2. The molecule has 2 atom stereocenters. The highest BCUT2D eigenvalue weighted by Crippen LogP contribution is 2.32. The number of anilines is 1. The summed E-state index contributed by atoms with van der Waals surface area (Å²) in [6.45, 7) is 0. The molecule has 0 spiro atoms. The van der Waals surface area contributed by atoms with E-state index in [1.54, 1.807) is 0 Å². The monoisotopic (exact) mass is 256 g/mol.